The minimum absolute atomic E-state index is 0.0417. The van der Waals surface area contributed by atoms with Gasteiger partial charge < -0.3 is 19.9 Å². The van der Waals surface area contributed by atoms with Crippen molar-refractivity contribution >= 4 is 17.4 Å². The van der Waals surface area contributed by atoms with E-state index in [4.69, 9.17) is 4.74 Å². The summed E-state index contributed by atoms with van der Waals surface area (Å²) in [6.45, 7) is 6.75. The van der Waals surface area contributed by atoms with E-state index in [2.05, 4.69) is 29.3 Å². The highest BCUT2D eigenvalue weighted by Crippen LogP contribution is 2.31. The number of hydrogen-bond donors (Lipinski definition) is 1. The van der Waals surface area contributed by atoms with Gasteiger partial charge in [0, 0.05) is 50.6 Å². The molecule has 0 saturated carbocycles. The van der Waals surface area contributed by atoms with Crippen molar-refractivity contribution in [3.63, 3.8) is 0 Å². The Hall–Kier alpha value is -1.75. The quantitative estimate of drug-likeness (QED) is 0.869. The Bertz CT molecular complexity index is 570. The molecule has 0 radical (unpaired) electrons. The third kappa shape index (κ3) is 4.01. The zero-order valence-electron chi connectivity index (χ0n) is 14.9. The summed E-state index contributed by atoms with van der Waals surface area (Å²) in [7, 11) is 1.86. The molecular formula is C19H29N3O2. The molecule has 24 heavy (non-hydrogen) atoms. The zero-order valence-corrected chi connectivity index (χ0v) is 14.9. The Kier molecular flexibility index (Phi) is 5.61. The van der Waals surface area contributed by atoms with Gasteiger partial charge in [0.05, 0.1) is 6.61 Å². The lowest BCUT2D eigenvalue weighted by Crippen LogP contribution is -2.35. The molecule has 3 rings (SSSR count). The fourth-order valence-electron chi connectivity index (χ4n) is 3.52. The lowest BCUT2D eigenvalue weighted by Gasteiger charge is -2.22. The van der Waals surface area contributed by atoms with Crippen molar-refractivity contribution in [2.45, 2.75) is 32.6 Å². The molecule has 132 valence electrons. The number of carbonyl (C=O) groups excluding carboxylic acids is 1. The van der Waals surface area contributed by atoms with Crippen molar-refractivity contribution in [3.8, 4) is 0 Å². The van der Waals surface area contributed by atoms with Crippen molar-refractivity contribution in [1.29, 1.82) is 0 Å². The number of hydrogen-bond acceptors (Lipinski definition) is 3. The van der Waals surface area contributed by atoms with Crippen LogP contribution >= 0.6 is 0 Å². The van der Waals surface area contributed by atoms with Crippen molar-refractivity contribution in [3.05, 3.63) is 23.8 Å². The molecule has 2 aliphatic heterocycles. The van der Waals surface area contributed by atoms with Crippen LogP contribution in [0.2, 0.25) is 0 Å². The predicted molar refractivity (Wildman–Crippen MR) is 97.8 cm³/mol. The second-order valence-electron chi connectivity index (χ2n) is 6.97. The van der Waals surface area contributed by atoms with Crippen LogP contribution in [0.1, 0.15) is 31.7 Å². The maximum absolute atomic E-state index is 12.4. The highest BCUT2D eigenvalue weighted by Gasteiger charge is 2.22. The van der Waals surface area contributed by atoms with Crippen molar-refractivity contribution in [2.75, 3.05) is 50.1 Å². The first kappa shape index (κ1) is 17.1. The number of rotatable bonds is 6. The van der Waals surface area contributed by atoms with Gasteiger partial charge in [0.15, 0.2) is 0 Å². The number of amides is 2. The Balaban J connectivity index is 1.59. The van der Waals surface area contributed by atoms with Gasteiger partial charge in [0.1, 0.15) is 0 Å². The lowest BCUT2D eigenvalue weighted by molar-refractivity contribution is 0.175. The number of unbranched alkanes of at least 4 members (excludes halogenated alkanes) is 1. The van der Waals surface area contributed by atoms with E-state index in [1.54, 1.807) is 4.90 Å². The summed E-state index contributed by atoms with van der Waals surface area (Å²) in [5.41, 5.74) is 3.56. The van der Waals surface area contributed by atoms with E-state index in [-0.39, 0.29) is 6.03 Å². The standard InChI is InChI=1S/C19H29N3O2/c1-3-4-9-22-10-7-16-5-6-17(12-18(16)22)20-19(23)21(2)13-15-8-11-24-14-15/h5-6,12,15H,3-4,7-11,13-14H2,1-2H3,(H,20,23). The zero-order chi connectivity index (χ0) is 16.9. The minimum Gasteiger partial charge on any atom is -0.381 e. The molecule has 2 heterocycles. The van der Waals surface area contributed by atoms with E-state index in [1.807, 2.05) is 13.1 Å². The van der Waals surface area contributed by atoms with Crippen LogP contribution in [0.3, 0.4) is 0 Å². The maximum Gasteiger partial charge on any atom is 0.321 e. The van der Waals surface area contributed by atoms with Crippen LogP contribution in [0, 0.1) is 5.92 Å². The van der Waals surface area contributed by atoms with Gasteiger partial charge in [-0.1, -0.05) is 19.4 Å². The Labute approximate surface area is 145 Å². The lowest BCUT2D eigenvalue weighted by atomic mass is 10.1. The fourth-order valence-corrected chi connectivity index (χ4v) is 3.52. The molecule has 0 aromatic heterocycles. The SMILES string of the molecule is CCCCN1CCc2ccc(NC(=O)N(C)CC3CCOC3)cc21. The van der Waals surface area contributed by atoms with E-state index in [0.717, 1.165) is 51.4 Å². The fraction of sp³-hybridized carbons (Fsp3) is 0.632. The Morgan fingerprint density at radius 2 is 2.33 bits per heavy atom. The molecule has 1 aromatic carbocycles. The highest BCUT2D eigenvalue weighted by atomic mass is 16.5. The maximum atomic E-state index is 12.4. The number of ether oxygens (including phenoxy) is 1. The topological polar surface area (TPSA) is 44.8 Å². The third-order valence-electron chi connectivity index (χ3n) is 5.01. The molecule has 1 aromatic rings. The average Bonchev–Trinajstić information content (AvgIpc) is 3.22. The van der Waals surface area contributed by atoms with Crippen molar-refractivity contribution < 1.29 is 9.53 Å². The monoisotopic (exact) mass is 331 g/mol. The van der Waals surface area contributed by atoms with E-state index < -0.39 is 0 Å². The summed E-state index contributed by atoms with van der Waals surface area (Å²) in [6, 6.07) is 6.26. The van der Waals surface area contributed by atoms with Crippen LogP contribution in [-0.4, -0.2) is 50.8 Å². The summed E-state index contributed by atoms with van der Waals surface area (Å²) >= 11 is 0. The molecule has 2 aliphatic rings. The number of fused-ring (bicyclic) bond motifs is 1. The highest BCUT2D eigenvalue weighted by molar-refractivity contribution is 5.90. The van der Waals surface area contributed by atoms with Crippen LogP contribution in [-0.2, 0) is 11.2 Å². The Morgan fingerprint density at radius 1 is 1.46 bits per heavy atom. The number of benzene rings is 1. The van der Waals surface area contributed by atoms with Gasteiger partial charge in [-0.15, -0.1) is 0 Å². The van der Waals surface area contributed by atoms with Gasteiger partial charge in [0.2, 0.25) is 0 Å². The van der Waals surface area contributed by atoms with Gasteiger partial charge in [-0.2, -0.15) is 0 Å². The molecule has 1 N–H and O–H groups in total. The Morgan fingerprint density at radius 3 is 3.08 bits per heavy atom. The third-order valence-corrected chi connectivity index (χ3v) is 5.01. The summed E-state index contributed by atoms with van der Waals surface area (Å²) in [5, 5.41) is 3.04. The predicted octanol–water partition coefficient (Wildman–Crippen LogP) is 3.35. The van der Waals surface area contributed by atoms with Gasteiger partial charge in [-0.05, 0) is 37.0 Å². The molecule has 1 atom stereocenters. The molecule has 5 nitrogen and oxygen atoms in total. The molecule has 0 bridgehead atoms. The molecule has 0 aliphatic carbocycles. The van der Waals surface area contributed by atoms with Gasteiger partial charge in [0.25, 0.3) is 0 Å². The molecule has 1 saturated heterocycles. The second-order valence-corrected chi connectivity index (χ2v) is 6.97. The number of urea groups is 1. The summed E-state index contributed by atoms with van der Waals surface area (Å²) in [5.74, 6) is 0.463. The summed E-state index contributed by atoms with van der Waals surface area (Å²) in [6.07, 6.45) is 4.57. The van der Waals surface area contributed by atoms with Gasteiger partial charge >= 0.3 is 6.03 Å². The molecule has 2 amide bonds. The van der Waals surface area contributed by atoms with Crippen LogP contribution in [0.15, 0.2) is 18.2 Å². The van der Waals surface area contributed by atoms with Crippen molar-refractivity contribution in [2.24, 2.45) is 5.92 Å². The number of carbonyl (C=O) groups is 1. The first-order valence-corrected chi connectivity index (χ1v) is 9.15. The minimum atomic E-state index is -0.0417. The van der Waals surface area contributed by atoms with Crippen LogP contribution < -0.4 is 10.2 Å². The molecular weight excluding hydrogens is 302 g/mol. The van der Waals surface area contributed by atoms with Crippen molar-refractivity contribution in [1.82, 2.24) is 4.90 Å². The number of nitrogens with zero attached hydrogens (tertiary/aromatic N) is 2. The molecule has 1 fully saturated rings. The summed E-state index contributed by atoms with van der Waals surface area (Å²) < 4.78 is 5.39. The first-order valence-electron chi connectivity index (χ1n) is 9.15. The average molecular weight is 331 g/mol. The van der Waals surface area contributed by atoms with E-state index in [1.165, 1.54) is 24.1 Å². The van der Waals surface area contributed by atoms with E-state index >= 15 is 0 Å². The largest absolute Gasteiger partial charge is 0.381 e. The summed E-state index contributed by atoms with van der Waals surface area (Å²) in [4.78, 5) is 16.6. The van der Waals surface area contributed by atoms with E-state index in [9.17, 15) is 4.79 Å². The number of anilines is 2. The smallest absolute Gasteiger partial charge is 0.321 e. The second kappa shape index (κ2) is 7.88. The normalized spacial score (nSPS) is 19.4. The molecule has 1 unspecified atom stereocenters. The number of nitrogens with one attached hydrogen (secondary N) is 1. The van der Waals surface area contributed by atoms with E-state index in [0.29, 0.717) is 5.92 Å². The van der Waals surface area contributed by atoms with Crippen LogP contribution in [0.5, 0.6) is 0 Å². The van der Waals surface area contributed by atoms with Crippen LogP contribution in [0.25, 0.3) is 0 Å². The first-order chi connectivity index (χ1) is 11.7. The molecule has 5 heteroatoms. The van der Waals surface area contributed by atoms with Gasteiger partial charge in [-0.25, -0.2) is 4.79 Å². The van der Waals surface area contributed by atoms with Gasteiger partial charge in [-0.3, -0.25) is 0 Å². The molecule has 0 spiro atoms. The van der Waals surface area contributed by atoms with Crippen LogP contribution in [0.4, 0.5) is 16.2 Å².